The maximum Gasteiger partial charge on any atom is 0.208 e. The fraction of sp³-hybridized carbons (Fsp3) is 0.417. The largest absolute Gasteiger partial charge is 0.444 e. The van der Waals surface area contributed by atoms with E-state index in [-0.39, 0.29) is 0 Å². The Morgan fingerprint density at radius 2 is 2.24 bits per heavy atom. The summed E-state index contributed by atoms with van der Waals surface area (Å²) in [4.78, 5) is 5.60. The molecule has 0 saturated carbocycles. The second kappa shape index (κ2) is 5.67. The molecule has 2 heterocycles. The quantitative estimate of drug-likeness (QED) is 0.847. The molecule has 2 aromatic rings. The monoisotopic (exact) mass is 270 g/mol. The van der Waals surface area contributed by atoms with E-state index in [0.717, 1.165) is 34.6 Å². The van der Waals surface area contributed by atoms with E-state index in [1.54, 1.807) is 11.3 Å². The van der Waals surface area contributed by atoms with Gasteiger partial charge in [0.25, 0.3) is 0 Å². The smallest absolute Gasteiger partial charge is 0.208 e. The molecule has 0 aliphatic heterocycles. The molecule has 0 aliphatic rings. The zero-order valence-corrected chi connectivity index (χ0v) is 11.5. The minimum Gasteiger partial charge on any atom is -0.444 e. The van der Waals surface area contributed by atoms with Crippen molar-refractivity contribution in [3.8, 4) is 0 Å². The van der Waals surface area contributed by atoms with Crippen molar-refractivity contribution in [1.82, 2.24) is 10.3 Å². The Kier molecular flexibility index (Phi) is 4.20. The van der Waals surface area contributed by atoms with Crippen molar-refractivity contribution in [2.75, 3.05) is 6.54 Å². The van der Waals surface area contributed by atoms with E-state index in [9.17, 15) is 0 Å². The minimum atomic E-state index is 0.674. The Morgan fingerprint density at radius 1 is 1.41 bits per heavy atom. The molecule has 0 saturated heterocycles. The lowest BCUT2D eigenvalue weighted by atomic mass is 10.3. The van der Waals surface area contributed by atoms with E-state index < -0.39 is 0 Å². The van der Waals surface area contributed by atoms with Crippen LogP contribution in [0.4, 0.5) is 0 Å². The van der Waals surface area contributed by atoms with Gasteiger partial charge in [0.1, 0.15) is 5.76 Å². The number of rotatable bonds is 5. The third kappa shape index (κ3) is 3.56. The van der Waals surface area contributed by atoms with Crippen LogP contribution >= 0.6 is 22.9 Å². The van der Waals surface area contributed by atoms with Gasteiger partial charge in [0.2, 0.25) is 5.89 Å². The summed E-state index contributed by atoms with van der Waals surface area (Å²) in [6.45, 7) is 5.46. The van der Waals surface area contributed by atoms with Crippen molar-refractivity contribution in [2.24, 2.45) is 0 Å². The van der Waals surface area contributed by atoms with Gasteiger partial charge in [-0.1, -0.05) is 11.6 Å². The summed E-state index contributed by atoms with van der Waals surface area (Å²) in [5.74, 6) is 1.65. The second-order valence-corrected chi connectivity index (χ2v) is 5.68. The van der Waals surface area contributed by atoms with Gasteiger partial charge in [-0.15, -0.1) is 11.3 Å². The normalized spacial score (nSPS) is 11.0. The molecule has 0 radical (unpaired) electrons. The maximum atomic E-state index is 5.86. The first kappa shape index (κ1) is 12.6. The Hall–Kier alpha value is -0.840. The maximum absolute atomic E-state index is 5.86. The van der Waals surface area contributed by atoms with Crippen LogP contribution in [0.15, 0.2) is 16.5 Å². The summed E-state index contributed by atoms with van der Waals surface area (Å²) < 4.78 is 6.32. The van der Waals surface area contributed by atoms with Gasteiger partial charge in [-0.3, -0.25) is 0 Å². The van der Waals surface area contributed by atoms with Crippen molar-refractivity contribution in [3.05, 3.63) is 38.7 Å². The number of thiophene rings is 1. The van der Waals surface area contributed by atoms with Crippen LogP contribution in [-0.4, -0.2) is 11.5 Å². The van der Waals surface area contributed by atoms with Gasteiger partial charge in [0.15, 0.2) is 0 Å². The summed E-state index contributed by atoms with van der Waals surface area (Å²) in [6, 6.07) is 4.00. The second-order valence-electron chi connectivity index (χ2n) is 3.88. The van der Waals surface area contributed by atoms with Crippen LogP contribution in [0.5, 0.6) is 0 Å². The van der Waals surface area contributed by atoms with Gasteiger partial charge in [-0.2, -0.15) is 0 Å². The highest BCUT2D eigenvalue weighted by Gasteiger charge is 2.04. The third-order valence-corrected chi connectivity index (χ3v) is 3.82. The zero-order valence-electron chi connectivity index (χ0n) is 9.92. The zero-order chi connectivity index (χ0) is 12.3. The number of aromatic nitrogens is 1. The molecule has 0 atom stereocenters. The summed E-state index contributed by atoms with van der Waals surface area (Å²) in [5.41, 5.74) is 0.965. The Morgan fingerprint density at radius 3 is 2.82 bits per heavy atom. The van der Waals surface area contributed by atoms with Crippen molar-refractivity contribution >= 4 is 22.9 Å². The molecular formula is C12H15ClN2OS. The predicted molar refractivity (Wildman–Crippen MR) is 70.7 cm³/mol. The highest BCUT2D eigenvalue weighted by molar-refractivity contribution is 7.16. The third-order valence-electron chi connectivity index (χ3n) is 2.53. The molecule has 0 spiro atoms. The van der Waals surface area contributed by atoms with Gasteiger partial charge in [0.05, 0.1) is 16.6 Å². The molecule has 0 amide bonds. The van der Waals surface area contributed by atoms with Gasteiger partial charge >= 0.3 is 0 Å². The number of oxazole rings is 1. The molecule has 0 aliphatic carbocycles. The van der Waals surface area contributed by atoms with Crippen molar-refractivity contribution < 1.29 is 4.42 Å². The van der Waals surface area contributed by atoms with Crippen LogP contribution in [0, 0.1) is 13.8 Å². The highest BCUT2D eigenvalue weighted by Crippen LogP contribution is 2.21. The molecule has 0 unspecified atom stereocenters. The van der Waals surface area contributed by atoms with Crippen LogP contribution in [-0.2, 0) is 13.0 Å². The molecule has 1 N–H and O–H groups in total. The average molecular weight is 271 g/mol. The van der Waals surface area contributed by atoms with Crippen molar-refractivity contribution in [1.29, 1.82) is 0 Å². The molecule has 2 aromatic heterocycles. The van der Waals surface area contributed by atoms with Crippen molar-refractivity contribution in [3.63, 3.8) is 0 Å². The number of hydrogen-bond donors (Lipinski definition) is 1. The molecule has 17 heavy (non-hydrogen) atoms. The number of hydrogen-bond acceptors (Lipinski definition) is 4. The van der Waals surface area contributed by atoms with E-state index in [2.05, 4.69) is 16.4 Å². The summed E-state index contributed by atoms with van der Waals surface area (Å²) in [7, 11) is 0. The number of nitrogens with zero attached hydrogens (tertiary/aromatic N) is 1. The van der Waals surface area contributed by atoms with Crippen LogP contribution in [0.2, 0.25) is 4.34 Å². The topological polar surface area (TPSA) is 38.1 Å². The SMILES string of the molecule is Cc1nc(CNCCc2ccc(Cl)s2)oc1C. The van der Waals surface area contributed by atoms with E-state index in [4.69, 9.17) is 16.0 Å². The summed E-state index contributed by atoms with van der Waals surface area (Å²) >= 11 is 7.49. The average Bonchev–Trinajstić information content (AvgIpc) is 2.82. The molecule has 2 rings (SSSR count). The van der Waals surface area contributed by atoms with Crippen LogP contribution in [0.3, 0.4) is 0 Å². The van der Waals surface area contributed by atoms with Gasteiger partial charge in [-0.05, 0) is 32.4 Å². The fourth-order valence-corrected chi connectivity index (χ4v) is 2.59. The first-order valence-electron chi connectivity index (χ1n) is 5.53. The summed E-state index contributed by atoms with van der Waals surface area (Å²) in [5, 5.41) is 3.31. The lowest BCUT2D eigenvalue weighted by molar-refractivity contribution is 0.450. The molecule has 0 bridgehead atoms. The standard InChI is InChI=1S/C12H15ClN2OS/c1-8-9(2)16-12(15-8)7-14-6-5-10-3-4-11(13)17-10/h3-4,14H,5-7H2,1-2H3. The van der Waals surface area contributed by atoms with Crippen LogP contribution in [0.25, 0.3) is 0 Å². The number of halogens is 1. The molecule has 5 heteroatoms. The number of nitrogens with one attached hydrogen (secondary N) is 1. The van der Waals surface area contributed by atoms with Crippen molar-refractivity contribution in [2.45, 2.75) is 26.8 Å². The van der Waals surface area contributed by atoms with E-state index in [1.807, 2.05) is 19.9 Å². The molecular weight excluding hydrogens is 256 g/mol. The van der Waals surface area contributed by atoms with Gasteiger partial charge < -0.3 is 9.73 Å². The van der Waals surface area contributed by atoms with E-state index >= 15 is 0 Å². The lowest BCUT2D eigenvalue weighted by Gasteiger charge is -1.99. The fourth-order valence-electron chi connectivity index (χ4n) is 1.51. The molecule has 92 valence electrons. The molecule has 0 aromatic carbocycles. The van der Waals surface area contributed by atoms with E-state index in [0.29, 0.717) is 6.54 Å². The Labute approximate surface area is 110 Å². The van der Waals surface area contributed by atoms with Gasteiger partial charge in [0, 0.05) is 11.4 Å². The molecule has 3 nitrogen and oxygen atoms in total. The van der Waals surface area contributed by atoms with Crippen LogP contribution < -0.4 is 5.32 Å². The number of aryl methyl sites for hydroxylation is 2. The Balaban J connectivity index is 1.73. The van der Waals surface area contributed by atoms with E-state index in [1.165, 1.54) is 4.88 Å². The van der Waals surface area contributed by atoms with Crippen LogP contribution in [0.1, 0.15) is 22.2 Å². The van der Waals surface area contributed by atoms with Gasteiger partial charge in [-0.25, -0.2) is 4.98 Å². The predicted octanol–water partition coefficient (Wildman–Crippen LogP) is 3.34. The molecule has 0 fully saturated rings. The Bertz CT molecular complexity index is 473. The lowest BCUT2D eigenvalue weighted by Crippen LogP contribution is -2.16. The highest BCUT2D eigenvalue weighted by atomic mass is 35.5. The first-order chi connectivity index (χ1) is 8.15. The first-order valence-corrected chi connectivity index (χ1v) is 6.72. The summed E-state index contributed by atoms with van der Waals surface area (Å²) in [6.07, 6.45) is 0.982. The minimum absolute atomic E-state index is 0.674.